The first kappa shape index (κ1) is 11.0. The van der Waals surface area contributed by atoms with Crippen molar-refractivity contribution in [3.8, 4) is 5.75 Å². The molecule has 1 amide bonds. The van der Waals surface area contributed by atoms with Crippen molar-refractivity contribution in [3.05, 3.63) is 32.9 Å². The highest BCUT2D eigenvalue weighted by molar-refractivity contribution is 14.1. The third-order valence-electron chi connectivity index (χ3n) is 1.66. The summed E-state index contributed by atoms with van der Waals surface area (Å²) >= 11 is 2.03. The van der Waals surface area contributed by atoms with E-state index in [0.717, 1.165) is 9.13 Å². The minimum Gasteiger partial charge on any atom is -0.506 e. The van der Waals surface area contributed by atoms with Crippen molar-refractivity contribution in [3.63, 3.8) is 0 Å². The fraction of sp³-hybridized carbons (Fsp3) is 0.100. The number of carbonyl (C=O) groups is 1. The molecule has 14 heavy (non-hydrogen) atoms. The highest BCUT2D eigenvalue weighted by Crippen LogP contribution is 2.26. The van der Waals surface area contributed by atoms with Gasteiger partial charge in [-0.3, -0.25) is 4.79 Å². The number of halogens is 1. The van der Waals surface area contributed by atoms with Crippen molar-refractivity contribution >= 4 is 34.6 Å². The molecular weight excluding hydrogens is 293 g/mol. The summed E-state index contributed by atoms with van der Waals surface area (Å²) in [5.41, 5.74) is 6.59. The minimum absolute atomic E-state index is 0.175. The Kier molecular flexibility index (Phi) is 3.51. The average Bonchev–Trinajstić information content (AvgIpc) is 2.08. The first-order valence-corrected chi connectivity index (χ1v) is 5.05. The molecule has 0 aliphatic heterocycles. The number of rotatable bonds is 2. The van der Waals surface area contributed by atoms with Crippen LogP contribution in [0.1, 0.15) is 11.1 Å². The van der Waals surface area contributed by atoms with E-state index in [1.807, 2.05) is 35.6 Å². The molecule has 0 aliphatic rings. The lowest BCUT2D eigenvalue weighted by atomic mass is 10.1. The Morgan fingerprint density at radius 1 is 1.57 bits per heavy atom. The van der Waals surface area contributed by atoms with Gasteiger partial charge in [-0.05, 0) is 53.3 Å². The summed E-state index contributed by atoms with van der Waals surface area (Å²) in [7, 11) is 0. The molecule has 4 heteroatoms. The quantitative estimate of drug-likeness (QED) is 0.646. The average molecular weight is 303 g/mol. The van der Waals surface area contributed by atoms with Crippen LogP contribution in [0.4, 0.5) is 0 Å². The molecule has 0 unspecified atom stereocenters. The van der Waals surface area contributed by atoms with Crippen LogP contribution in [0.15, 0.2) is 18.2 Å². The van der Waals surface area contributed by atoms with E-state index in [1.54, 1.807) is 6.07 Å². The summed E-state index contributed by atoms with van der Waals surface area (Å²) in [4.78, 5) is 10.5. The molecule has 0 atom stereocenters. The van der Waals surface area contributed by atoms with Gasteiger partial charge >= 0.3 is 0 Å². The third kappa shape index (κ3) is 2.73. The van der Waals surface area contributed by atoms with Gasteiger partial charge in [-0.15, -0.1) is 0 Å². The van der Waals surface area contributed by atoms with Crippen LogP contribution >= 0.6 is 22.6 Å². The predicted molar refractivity (Wildman–Crippen MR) is 63.8 cm³/mol. The first-order chi connectivity index (χ1) is 6.50. The van der Waals surface area contributed by atoms with Crippen molar-refractivity contribution in [2.24, 2.45) is 5.73 Å². The van der Waals surface area contributed by atoms with Crippen LogP contribution in [0.5, 0.6) is 5.75 Å². The molecule has 0 aromatic heterocycles. The molecule has 0 heterocycles. The molecule has 0 spiro atoms. The molecule has 1 aromatic rings. The van der Waals surface area contributed by atoms with Crippen LogP contribution in [0, 0.1) is 10.5 Å². The third-order valence-corrected chi connectivity index (χ3v) is 2.49. The van der Waals surface area contributed by atoms with Crippen LogP contribution in [0.25, 0.3) is 6.08 Å². The Morgan fingerprint density at radius 2 is 2.21 bits per heavy atom. The lowest BCUT2D eigenvalue weighted by Gasteiger charge is -2.03. The Morgan fingerprint density at radius 3 is 2.79 bits per heavy atom. The van der Waals surface area contributed by atoms with E-state index in [1.165, 1.54) is 12.2 Å². The largest absolute Gasteiger partial charge is 0.506 e. The number of hydrogen-bond acceptors (Lipinski definition) is 2. The molecule has 0 saturated heterocycles. The fourth-order valence-corrected chi connectivity index (χ4v) is 1.86. The Hall–Kier alpha value is -1.04. The SMILES string of the molecule is Cc1cc(I)c(O)c(/C=C\C(N)=O)c1. The number of phenols is 1. The summed E-state index contributed by atoms with van der Waals surface area (Å²) in [5.74, 6) is -0.352. The Bertz CT molecular complexity index is 399. The zero-order valence-electron chi connectivity index (χ0n) is 7.62. The van der Waals surface area contributed by atoms with Gasteiger partial charge in [0.2, 0.25) is 5.91 Å². The summed E-state index contributed by atoms with van der Waals surface area (Å²) in [6.07, 6.45) is 2.73. The van der Waals surface area contributed by atoms with Crippen molar-refractivity contribution in [1.29, 1.82) is 0 Å². The van der Waals surface area contributed by atoms with E-state index in [2.05, 4.69) is 0 Å². The second-order valence-corrected chi connectivity index (χ2v) is 4.08. The maximum absolute atomic E-state index is 10.5. The molecule has 3 N–H and O–H groups in total. The fourth-order valence-electron chi connectivity index (χ4n) is 1.06. The van der Waals surface area contributed by atoms with Crippen molar-refractivity contribution in [2.45, 2.75) is 6.92 Å². The van der Waals surface area contributed by atoms with E-state index in [0.29, 0.717) is 5.56 Å². The Balaban J connectivity index is 3.14. The molecule has 0 saturated carbocycles. The number of hydrogen-bond donors (Lipinski definition) is 2. The summed E-state index contributed by atoms with van der Waals surface area (Å²) in [6.45, 7) is 1.92. The maximum atomic E-state index is 10.5. The molecular formula is C10H10INO2. The molecule has 1 rings (SSSR count). The number of phenolic OH excluding ortho intramolecular Hbond substituents is 1. The summed E-state index contributed by atoms with van der Waals surface area (Å²) in [5, 5.41) is 9.62. The molecule has 74 valence electrons. The van der Waals surface area contributed by atoms with Gasteiger partial charge in [-0.1, -0.05) is 0 Å². The van der Waals surface area contributed by atoms with Crippen molar-refractivity contribution < 1.29 is 9.90 Å². The van der Waals surface area contributed by atoms with E-state index in [9.17, 15) is 9.90 Å². The van der Waals surface area contributed by atoms with E-state index in [-0.39, 0.29) is 5.75 Å². The molecule has 3 nitrogen and oxygen atoms in total. The number of benzene rings is 1. The summed E-state index contributed by atoms with van der Waals surface area (Å²) in [6, 6.07) is 3.65. The van der Waals surface area contributed by atoms with Gasteiger partial charge in [0, 0.05) is 11.6 Å². The Labute approximate surface area is 95.8 Å². The maximum Gasteiger partial charge on any atom is 0.241 e. The minimum atomic E-state index is -0.527. The van der Waals surface area contributed by atoms with E-state index >= 15 is 0 Å². The lowest BCUT2D eigenvalue weighted by Crippen LogP contribution is -2.05. The topological polar surface area (TPSA) is 63.3 Å². The number of aromatic hydroxyl groups is 1. The van der Waals surface area contributed by atoms with Crippen LogP contribution < -0.4 is 5.73 Å². The standard InChI is InChI=1S/C10H10INO2/c1-6-4-7(2-3-9(12)13)10(14)8(11)5-6/h2-5,14H,1H3,(H2,12,13)/b3-2-. The molecule has 0 aliphatic carbocycles. The van der Waals surface area contributed by atoms with Gasteiger partial charge in [0.1, 0.15) is 5.75 Å². The number of aryl methyl sites for hydroxylation is 1. The number of nitrogens with two attached hydrogens (primary N) is 1. The van der Waals surface area contributed by atoms with Crippen molar-refractivity contribution in [1.82, 2.24) is 0 Å². The molecule has 0 fully saturated rings. The summed E-state index contributed by atoms with van der Waals surface area (Å²) < 4.78 is 0.756. The van der Waals surface area contributed by atoms with Crippen LogP contribution in [-0.4, -0.2) is 11.0 Å². The van der Waals surface area contributed by atoms with Crippen LogP contribution in [-0.2, 0) is 4.79 Å². The second kappa shape index (κ2) is 4.45. The molecule has 1 aromatic carbocycles. The van der Waals surface area contributed by atoms with E-state index in [4.69, 9.17) is 5.73 Å². The predicted octanol–water partition coefficient (Wildman–Crippen LogP) is 1.80. The second-order valence-electron chi connectivity index (χ2n) is 2.92. The van der Waals surface area contributed by atoms with Gasteiger partial charge in [0.05, 0.1) is 3.57 Å². The van der Waals surface area contributed by atoms with Gasteiger partial charge in [0.25, 0.3) is 0 Å². The monoisotopic (exact) mass is 303 g/mol. The van der Waals surface area contributed by atoms with Gasteiger partial charge in [-0.2, -0.15) is 0 Å². The number of primary amides is 1. The lowest BCUT2D eigenvalue weighted by molar-refractivity contribution is -0.113. The first-order valence-electron chi connectivity index (χ1n) is 3.97. The highest BCUT2D eigenvalue weighted by Gasteiger charge is 2.03. The zero-order chi connectivity index (χ0) is 10.7. The van der Waals surface area contributed by atoms with Gasteiger partial charge in [-0.25, -0.2) is 0 Å². The molecule has 0 bridgehead atoms. The molecule has 0 radical (unpaired) electrons. The van der Waals surface area contributed by atoms with Crippen LogP contribution in [0.3, 0.4) is 0 Å². The normalized spacial score (nSPS) is 10.7. The van der Waals surface area contributed by atoms with Gasteiger partial charge < -0.3 is 10.8 Å². The van der Waals surface area contributed by atoms with Crippen LogP contribution in [0.2, 0.25) is 0 Å². The van der Waals surface area contributed by atoms with Gasteiger partial charge in [0.15, 0.2) is 0 Å². The zero-order valence-corrected chi connectivity index (χ0v) is 9.78. The smallest absolute Gasteiger partial charge is 0.241 e. The highest BCUT2D eigenvalue weighted by atomic mass is 127. The van der Waals surface area contributed by atoms with E-state index < -0.39 is 5.91 Å². The van der Waals surface area contributed by atoms with Crippen molar-refractivity contribution in [2.75, 3.05) is 0 Å². The number of carbonyl (C=O) groups excluding carboxylic acids is 1. The number of amides is 1.